The predicted octanol–water partition coefficient (Wildman–Crippen LogP) is 3.66. The van der Waals surface area contributed by atoms with Crippen molar-refractivity contribution < 1.29 is 9.59 Å². The molecule has 2 N–H and O–H groups in total. The molecule has 1 fully saturated rings. The SMILES string of the molecule is O=C1Nc2cc(C(=O)NC3CC3)ccc2SC1=Cc1ccccc1. The van der Waals surface area contributed by atoms with Crippen LogP contribution in [0.1, 0.15) is 28.8 Å². The summed E-state index contributed by atoms with van der Waals surface area (Å²) in [5.74, 6) is -0.221. The zero-order valence-corrected chi connectivity index (χ0v) is 13.7. The lowest BCUT2D eigenvalue weighted by Crippen LogP contribution is -2.26. The largest absolute Gasteiger partial charge is 0.349 e. The van der Waals surface area contributed by atoms with Crippen LogP contribution in [-0.4, -0.2) is 17.9 Å². The van der Waals surface area contributed by atoms with Gasteiger partial charge >= 0.3 is 0 Å². The Balaban J connectivity index is 1.58. The first-order chi connectivity index (χ1) is 11.7. The van der Waals surface area contributed by atoms with Crippen molar-refractivity contribution in [3.63, 3.8) is 0 Å². The molecule has 0 saturated heterocycles. The van der Waals surface area contributed by atoms with E-state index in [1.54, 1.807) is 12.1 Å². The second-order valence-corrected chi connectivity index (χ2v) is 7.02. The van der Waals surface area contributed by atoms with Crippen molar-refractivity contribution in [3.8, 4) is 0 Å². The number of nitrogens with one attached hydrogen (secondary N) is 2. The lowest BCUT2D eigenvalue weighted by Gasteiger charge is -2.19. The van der Waals surface area contributed by atoms with Gasteiger partial charge in [-0.05, 0) is 42.7 Å². The Morgan fingerprint density at radius 1 is 1.17 bits per heavy atom. The van der Waals surface area contributed by atoms with Gasteiger partial charge in [-0.1, -0.05) is 42.1 Å². The number of anilines is 1. The minimum atomic E-state index is -0.142. The van der Waals surface area contributed by atoms with Gasteiger partial charge in [-0.2, -0.15) is 0 Å². The number of amides is 2. The minimum absolute atomic E-state index is 0.0785. The van der Waals surface area contributed by atoms with E-state index in [1.807, 2.05) is 42.5 Å². The highest BCUT2D eigenvalue weighted by atomic mass is 32.2. The smallest absolute Gasteiger partial charge is 0.262 e. The Labute approximate surface area is 144 Å². The van der Waals surface area contributed by atoms with Gasteiger partial charge < -0.3 is 10.6 Å². The lowest BCUT2D eigenvalue weighted by molar-refractivity contribution is -0.112. The lowest BCUT2D eigenvalue weighted by atomic mass is 10.1. The maximum absolute atomic E-state index is 12.3. The third-order valence-electron chi connectivity index (χ3n) is 3.94. The van der Waals surface area contributed by atoms with Crippen LogP contribution in [0.5, 0.6) is 0 Å². The van der Waals surface area contributed by atoms with Crippen molar-refractivity contribution in [1.82, 2.24) is 5.32 Å². The molecule has 0 aromatic heterocycles. The minimum Gasteiger partial charge on any atom is -0.349 e. The molecule has 4 nitrogen and oxygen atoms in total. The molecule has 1 aliphatic heterocycles. The Morgan fingerprint density at radius 2 is 1.96 bits per heavy atom. The molecule has 1 aliphatic carbocycles. The summed E-state index contributed by atoms with van der Waals surface area (Å²) in [5, 5.41) is 5.85. The Kier molecular flexibility index (Phi) is 3.86. The summed E-state index contributed by atoms with van der Waals surface area (Å²) in [6.45, 7) is 0. The molecule has 2 aliphatic rings. The number of hydrogen-bond acceptors (Lipinski definition) is 3. The number of carbonyl (C=O) groups excluding carboxylic acids is 2. The van der Waals surface area contributed by atoms with Gasteiger partial charge in [0.05, 0.1) is 10.6 Å². The molecule has 2 aromatic rings. The van der Waals surface area contributed by atoms with E-state index in [0.29, 0.717) is 22.2 Å². The summed E-state index contributed by atoms with van der Waals surface area (Å²) < 4.78 is 0. The summed E-state index contributed by atoms with van der Waals surface area (Å²) in [6, 6.07) is 15.5. The van der Waals surface area contributed by atoms with Crippen molar-refractivity contribution in [3.05, 3.63) is 64.6 Å². The van der Waals surface area contributed by atoms with E-state index in [0.717, 1.165) is 23.3 Å². The molecule has 1 heterocycles. The highest BCUT2D eigenvalue weighted by Crippen LogP contribution is 2.39. The van der Waals surface area contributed by atoms with E-state index in [9.17, 15) is 9.59 Å². The molecule has 2 amide bonds. The average Bonchev–Trinajstić information content (AvgIpc) is 3.40. The van der Waals surface area contributed by atoms with Gasteiger partial charge in [-0.15, -0.1) is 0 Å². The molecule has 4 rings (SSSR count). The standard InChI is InChI=1S/C19H16N2O2S/c22-18(20-14-7-8-14)13-6-9-16-15(11-13)21-19(23)17(24-16)10-12-4-2-1-3-5-12/h1-6,9-11,14H,7-8H2,(H,20,22)(H,21,23). The van der Waals surface area contributed by atoms with Crippen LogP contribution in [0.3, 0.4) is 0 Å². The van der Waals surface area contributed by atoms with Gasteiger partial charge in [0.15, 0.2) is 0 Å². The van der Waals surface area contributed by atoms with Crippen molar-refractivity contribution in [2.45, 2.75) is 23.8 Å². The van der Waals surface area contributed by atoms with E-state index < -0.39 is 0 Å². The topological polar surface area (TPSA) is 58.2 Å². The zero-order chi connectivity index (χ0) is 16.5. The fraction of sp³-hybridized carbons (Fsp3) is 0.158. The number of rotatable bonds is 3. The number of thioether (sulfide) groups is 1. The zero-order valence-electron chi connectivity index (χ0n) is 12.9. The molecular formula is C19H16N2O2S. The highest BCUT2D eigenvalue weighted by Gasteiger charge is 2.25. The first-order valence-electron chi connectivity index (χ1n) is 7.90. The molecule has 0 spiro atoms. The maximum Gasteiger partial charge on any atom is 0.262 e. The summed E-state index contributed by atoms with van der Waals surface area (Å²) in [5.41, 5.74) is 2.26. The van der Waals surface area contributed by atoms with Crippen LogP contribution in [0.25, 0.3) is 6.08 Å². The van der Waals surface area contributed by atoms with E-state index in [2.05, 4.69) is 10.6 Å². The van der Waals surface area contributed by atoms with Gasteiger partial charge in [-0.3, -0.25) is 9.59 Å². The van der Waals surface area contributed by atoms with Crippen LogP contribution in [0.15, 0.2) is 58.3 Å². The second kappa shape index (κ2) is 6.17. The third kappa shape index (κ3) is 3.21. The molecule has 0 bridgehead atoms. The maximum atomic E-state index is 12.3. The van der Waals surface area contributed by atoms with Crippen LogP contribution in [0, 0.1) is 0 Å². The van der Waals surface area contributed by atoms with Crippen molar-refractivity contribution in [2.75, 3.05) is 5.32 Å². The molecule has 0 radical (unpaired) electrons. The Hall–Kier alpha value is -2.53. The first-order valence-corrected chi connectivity index (χ1v) is 8.71. The van der Waals surface area contributed by atoms with E-state index in [-0.39, 0.29) is 11.8 Å². The van der Waals surface area contributed by atoms with Crippen LogP contribution >= 0.6 is 11.8 Å². The molecular weight excluding hydrogens is 320 g/mol. The number of carbonyl (C=O) groups is 2. The van der Waals surface area contributed by atoms with Crippen LogP contribution in [-0.2, 0) is 4.79 Å². The Bertz CT molecular complexity index is 842. The van der Waals surface area contributed by atoms with Crippen molar-refractivity contribution in [1.29, 1.82) is 0 Å². The first kappa shape index (κ1) is 15.0. The molecule has 0 atom stereocenters. The number of hydrogen-bond donors (Lipinski definition) is 2. The molecule has 0 unspecified atom stereocenters. The third-order valence-corrected chi connectivity index (χ3v) is 5.04. The van der Waals surface area contributed by atoms with Crippen LogP contribution in [0.2, 0.25) is 0 Å². The normalized spacial score (nSPS) is 18.0. The van der Waals surface area contributed by atoms with Crippen molar-refractivity contribution >= 4 is 35.3 Å². The van der Waals surface area contributed by atoms with Crippen molar-refractivity contribution in [2.24, 2.45) is 0 Å². The fourth-order valence-electron chi connectivity index (χ4n) is 2.50. The highest BCUT2D eigenvalue weighted by molar-refractivity contribution is 8.04. The molecule has 120 valence electrons. The van der Waals surface area contributed by atoms with E-state index in [1.165, 1.54) is 11.8 Å². The molecule has 1 saturated carbocycles. The second-order valence-electron chi connectivity index (χ2n) is 5.93. The van der Waals surface area contributed by atoms with Gasteiger partial charge in [0.2, 0.25) is 0 Å². The summed E-state index contributed by atoms with van der Waals surface area (Å²) >= 11 is 1.42. The fourth-order valence-corrected chi connectivity index (χ4v) is 3.43. The monoisotopic (exact) mass is 336 g/mol. The van der Waals surface area contributed by atoms with Crippen LogP contribution < -0.4 is 10.6 Å². The molecule has 2 aromatic carbocycles. The Morgan fingerprint density at radius 3 is 2.71 bits per heavy atom. The van der Waals surface area contributed by atoms with Gasteiger partial charge in [0.1, 0.15) is 0 Å². The van der Waals surface area contributed by atoms with Crippen LogP contribution in [0.4, 0.5) is 5.69 Å². The molecule has 24 heavy (non-hydrogen) atoms. The van der Waals surface area contributed by atoms with Gasteiger partial charge in [0, 0.05) is 16.5 Å². The quantitative estimate of drug-likeness (QED) is 0.841. The van der Waals surface area contributed by atoms with Gasteiger partial charge in [0.25, 0.3) is 11.8 Å². The number of fused-ring (bicyclic) bond motifs is 1. The van der Waals surface area contributed by atoms with E-state index in [4.69, 9.17) is 0 Å². The van der Waals surface area contributed by atoms with E-state index >= 15 is 0 Å². The predicted molar refractivity (Wildman–Crippen MR) is 95.8 cm³/mol. The van der Waals surface area contributed by atoms with Gasteiger partial charge in [-0.25, -0.2) is 0 Å². The number of benzene rings is 2. The summed E-state index contributed by atoms with van der Waals surface area (Å²) in [4.78, 5) is 26.0. The average molecular weight is 336 g/mol. The summed E-state index contributed by atoms with van der Waals surface area (Å²) in [6.07, 6.45) is 3.98. The molecule has 5 heteroatoms. The summed E-state index contributed by atoms with van der Waals surface area (Å²) in [7, 11) is 0.